The molecular formula is C27H27N7O2S. The van der Waals surface area contributed by atoms with Crippen LogP contribution in [0.3, 0.4) is 0 Å². The molecule has 188 valence electrons. The van der Waals surface area contributed by atoms with Crippen molar-refractivity contribution in [3.05, 3.63) is 69.9 Å². The number of carbonyl (C=O) groups is 1. The van der Waals surface area contributed by atoms with Crippen LogP contribution in [0.25, 0.3) is 0 Å². The minimum absolute atomic E-state index is 0.142. The number of nitrogens with one attached hydrogen (secondary N) is 1. The van der Waals surface area contributed by atoms with Gasteiger partial charge < -0.3 is 20.7 Å². The molecule has 1 unspecified atom stereocenters. The van der Waals surface area contributed by atoms with Crippen LogP contribution in [0.2, 0.25) is 0 Å². The molecule has 3 N–H and O–H groups in total. The van der Waals surface area contributed by atoms with Gasteiger partial charge in [-0.3, -0.25) is 4.79 Å². The number of anilines is 2. The smallest absolute Gasteiger partial charge is 0.239 e. The highest BCUT2D eigenvalue weighted by molar-refractivity contribution is 7.80. The molecule has 2 aromatic carbocycles. The standard InChI is InChI=1S/C27H27N7O2S/c1-16-11-19(14-29)12-17(2)24(16)36-25-21-15-34(26(35)22(30)8-10-37)9-7-23(21)32-27(33-25)31-20-5-3-18(13-28)4-6-20/h3-6,11-12,22,37H,7-10,15,30H2,1-2H3,(H,31,32,33). The van der Waals surface area contributed by atoms with E-state index in [-0.39, 0.29) is 12.5 Å². The Labute approximate surface area is 221 Å². The molecule has 37 heavy (non-hydrogen) atoms. The molecular weight excluding hydrogens is 486 g/mol. The van der Waals surface area contributed by atoms with Gasteiger partial charge in [0.05, 0.1) is 47.1 Å². The van der Waals surface area contributed by atoms with Gasteiger partial charge in [0.15, 0.2) is 0 Å². The van der Waals surface area contributed by atoms with E-state index in [0.29, 0.717) is 59.4 Å². The molecule has 2 heterocycles. The van der Waals surface area contributed by atoms with Crippen molar-refractivity contribution in [1.82, 2.24) is 14.9 Å². The maximum atomic E-state index is 12.9. The van der Waals surface area contributed by atoms with Crippen LogP contribution >= 0.6 is 12.6 Å². The second-order valence-corrected chi connectivity index (χ2v) is 9.32. The molecule has 1 atom stereocenters. The Balaban J connectivity index is 1.72. The summed E-state index contributed by atoms with van der Waals surface area (Å²) >= 11 is 4.20. The number of amides is 1. The van der Waals surface area contributed by atoms with Gasteiger partial charge in [-0.2, -0.15) is 28.1 Å². The van der Waals surface area contributed by atoms with E-state index >= 15 is 0 Å². The third kappa shape index (κ3) is 5.83. The summed E-state index contributed by atoms with van der Waals surface area (Å²) in [5.74, 6) is 1.65. The Morgan fingerprint density at radius 1 is 1.16 bits per heavy atom. The van der Waals surface area contributed by atoms with Crippen LogP contribution in [0.4, 0.5) is 11.6 Å². The van der Waals surface area contributed by atoms with Crippen molar-refractivity contribution in [2.24, 2.45) is 5.73 Å². The number of benzene rings is 2. The number of aryl methyl sites for hydroxylation is 2. The van der Waals surface area contributed by atoms with E-state index in [4.69, 9.17) is 20.7 Å². The summed E-state index contributed by atoms with van der Waals surface area (Å²) in [4.78, 5) is 24.0. The highest BCUT2D eigenvalue weighted by Gasteiger charge is 2.29. The molecule has 0 spiro atoms. The normalized spacial score (nSPS) is 13.2. The third-order valence-electron chi connectivity index (χ3n) is 6.15. The van der Waals surface area contributed by atoms with Gasteiger partial charge in [-0.05, 0) is 73.5 Å². The van der Waals surface area contributed by atoms with Crippen LogP contribution in [0.5, 0.6) is 11.6 Å². The number of carbonyl (C=O) groups excluding carboxylic acids is 1. The summed E-state index contributed by atoms with van der Waals surface area (Å²) in [6.07, 6.45) is 1.00. The Morgan fingerprint density at radius 2 is 1.84 bits per heavy atom. The molecule has 1 aliphatic heterocycles. The fourth-order valence-corrected chi connectivity index (χ4v) is 4.52. The van der Waals surface area contributed by atoms with Gasteiger partial charge in [0.25, 0.3) is 0 Å². The number of hydrogen-bond donors (Lipinski definition) is 3. The molecule has 0 saturated carbocycles. The lowest BCUT2D eigenvalue weighted by Gasteiger charge is -2.31. The number of nitrogens with zero attached hydrogens (tertiary/aromatic N) is 5. The van der Waals surface area contributed by atoms with Crippen molar-refractivity contribution in [1.29, 1.82) is 10.5 Å². The summed E-state index contributed by atoms with van der Waals surface area (Å²) in [6, 6.07) is 14.1. The molecule has 0 aliphatic carbocycles. The molecule has 10 heteroatoms. The first-order valence-electron chi connectivity index (χ1n) is 11.8. The minimum Gasteiger partial charge on any atom is -0.438 e. The average molecular weight is 514 g/mol. The van der Waals surface area contributed by atoms with Gasteiger partial charge in [0.2, 0.25) is 17.7 Å². The predicted octanol–water partition coefficient (Wildman–Crippen LogP) is 3.90. The number of ether oxygens (including phenoxy) is 1. The highest BCUT2D eigenvalue weighted by Crippen LogP contribution is 2.35. The van der Waals surface area contributed by atoms with Crippen LogP contribution in [0, 0.1) is 36.5 Å². The first kappa shape index (κ1) is 26.0. The maximum Gasteiger partial charge on any atom is 0.239 e. The van der Waals surface area contributed by atoms with Crippen LogP contribution in [-0.2, 0) is 17.8 Å². The van der Waals surface area contributed by atoms with Crippen LogP contribution in [-0.4, -0.2) is 39.1 Å². The monoisotopic (exact) mass is 513 g/mol. The molecule has 4 rings (SSSR count). The summed E-state index contributed by atoms with van der Waals surface area (Å²) in [5, 5.41) is 21.6. The molecule has 0 saturated heterocycles. The molecule has 0 radical (unpaired) electrons. The first-order valence-corrected chi connectivity index (χ1v) is 12.5. The summed E-state index contributed by atoms with van der Waals surface area (Å²) in [6.45, 7) is 4.50. The number of rotatable bonds is 7. The Bertz CT molecular complexity index is 1390. The highest BCUT2D eigenvalue weighted by atomic mass is 32.1. The van der Waals surface area contributed by atoms with Crippen LogP contribution in [0.1, 0.15) is 39.9 Å². The van der Waals surface area contributed by atoms with Crippen molar-refractivity contribution in [2.45, 2.75) is 39.3 Å². The Kier molecular flexibility index (Phi) is 7.92. The van der Waals surface area contributed by atoms with E-state index in [1.807, 2.05) is 13.8 Å². The lowest BCUT2D eigenvalue weighted by atomic mass is 10.0. The number of fused-ring (bicyclic) bond motifs is 1. The predicted molar refractivity (Wildman–Crippen MR) is 143 cm³/mol. The second kappa shape index (κ2) is 11.3. The zero-order chi connectivity index (χ0) is 26.5. The summed E-state index contributed by atoms with van der Waals surface area (Å²) < 4.78 is 6.36. The van der Waals surface area contributed by atoms with Crippen molar-refractivity contribution < 1.29 is 9.53 Å². The zero-order valence-electron chi connectivity index (χ0n) is 20.7. The van der Waals surface area contributed by atoms with Crippen molar-refractivity contribution >= 4 is 30.2 Å². The number of nitrogens with two attached hydrogens (primary N) is 1. The van der Waals surface area contributed by atoms with E-state index in [2.05, 4.69) is 35.1 Å². The molecule has 1 aliphatic rings. The van der Waals surface area contributed by atoms with E-state index in [0.717, 1.165) is 22.5 Å². The second-order valence-electron chi connectivity index (χ2n) is 8.87. The first-order chi connectivity index (χ1) is 17.8. The summed E-state index contributed by atoms with van der Waals surface area (Å²) in [7, 11) is 0. The van der Waals surface area contributed by atoms with Gasteiger partial charge >= 0.3 is 0 Å². The molecule has 1 amide bonds. The van der Waals surface area contributed by atoms with Gasteiger partial charge in [-0.1, -0.05) is 0 Å². The fourth-order valence-electron chi connectivity index (χ4n) is 4.24. The molecule has 0 bridgehead atoms. The van der Waals surface area contributed by atoms with Crippen molar-refractivity contribution in [3.8, 4) is 23.8 Å². The lowest BCUT2D eigenvalue weighted by molar-refractivity contribution is -0.133. The molecule has 3 aromatic rings. The van der Waals surface area contributed by atoms with E-state index in [9.17, 15) is 10.1 Å². The van der Waals surface area contributed by atoms with Crippen molar-refractivity contribution in [2.75, 3.05) is 17.6 Å². The topological polar surface area (TPSA) is 141 Å². The average Bonchev–Trinajstić information content (AvgIpc) is 2.90. The third-order valence-corrected chi connectivity index (χ3v) is 6.41. The molecule has 9 nitrogen and oxygen atoms in total. The van der Waals surface area contributed by atoms with Gasteiger partial charge in [-0.15, -0.1) is 0 Å². The molecule has 0 fully saturated rings. The Morgan fingerprint density at radius 3 is 2.46 bits per heavy atom. The van der Waals surface area contributed by atoms with E-state index in [1.54, 1.807) is 41.3 Å². The lowest BCUT2D eigenvalue weighted by Crippen LogP contribution is -2.46. The zero-order valence-corrected chi connectivity index (χ0v) is 21.5. The van der Waals surface area contributed by atoms with E-state index < -0.39 is 6.04 Å². The molecule has 1 aromatic heterocycles. The number of hydrogen-bond acceptors (Lipinski definition) is 9. The summed E-state index contributed by atoms with van der Waals surface area (Å²) in [5.41, 5.74) is 11.0. The fraction of sp³-hybridized carbons (Fsp3) is 0.296. The van der Waals surface area contributed by atoms with Crippen LogP contribution < -0.4 is 15.8 Å². The van der Waals surface area contributed by atoms with Crippen LogP contribution in [0.15, 0.2) is 36.4 Å². The largest absolute Gasteiger partial charge is 0.438 e. The number of aromatic nitrogens is 2. The quantitative estimate of drug-likeness (QED) is 0.404. The van der Waals surface area contributed by atoms with Gasteiger partial charge in [-0.25, -0.2) is 4.98 Å². The SMILES string of the molecule is Cc1cc(C#N)cc(C)c1Oc1nc(Nc2ccc(C#N)cc2)nc2c1CN(C(=O)C(N)CCS)CC2. The Hall–Kier alpha value is -4.12. The van der Waals surface area contributed by atoms with Gasteiger partial charge in [0, 0.05) is 18.7 Å². The van der Waals surface area contributed by atoms with Crippen molar-refractivity contribution in [3.63, 3.8) is 0 Å². The number of thiol groups is 1. The van der Waals surface area contributed by atoms with Gasteiger partial charge in [0.1, 0.15) is 5.75 Å². The maximum absolute atomic E-state index is 12.9. The van der Waals surface area contributed by atoms with E-state index in [1.165, 1.54) is 0 Å². The number of nitriles is 2. The minimum atomic E-state index is -0.621.